The van der Waals surface area contributed by atoms with Crippen LogP contribution in [0.1, 0.15) is 96.1 Å². The smallest absolute Gasteiger partial charge is 0.507 e. The zero-order valence-electron chi connectivity index (χ0n) is 67.7. The van der Waals surface area contributed by atoms with E-state index in [2.05, 4.69) is 50.1 Å². The van der Waals surface area contributed by atoms with E-state index < -0.39 is 80.9 Å². The van der Waals surface area contributed by atoms with Gasteiger partial charge in [0.25, 0.3) is 25.9 Å². The number of sulfonamides is 2. The van der Waals surface area contributed by atoms with Gasteiger partial charge in [0.05, 0.1) is 62.3 Å². The number of nitriles is 1. The number of pyridine rings is 2. The first-order chi connectivity index (χ1) is 57.8. The first-order valence-corrected chi connectivity index (χ1v) is 43.4. The monoisotopic (exact) mass is 1770 g/mol. The number of piperidine rings is 1. The molecule has 33 nitrogen and oxygen atoms in total. The number of nitrogens with zero attached hydrogens (tertiary/aromatic N) is 9. The molecule has 0 spiro atoms. The van der Waals surface area contributed by atoms with Gasteiger partial charge in [-0.05, 0) is 204 Å². The van der Waals surface area contributed by atoms with Crippen molar-refractivity contribution in [2.24, 2.45) is 28.9 Å². The molecule has 8 aliphatic rings. The van der Waals surface area contributed by atoms with Crippen LogP contribution in [0.4, 0.5) is 15.7 Å². The average molecular weight is 1780 g/mol. The van der Waals surface area contributed by atoms with Crippen molar-refractivity contribution in [1.82, 2.24) is 39.6 Å². The van der Waals surface area contributed by atoms with Crippen LogP contribution in [-0.2, 0) is 56.7 Å². The number of likely N-dealkylation sites (N-methyl/N-ethyl adjacent to an activating group) is 1. The number of Topliss-reactive ketones (excluding diaryl/α,β-unsaturated/α-hetero) is 1. The number of piperazine rings is 1. The van der Waals surface area contributed by atoms with Gasteiger partial charge in [0, 0.05) is 78.6 Å². The number of ether oxygens (including phenoxy) is 7. The molecular weight excluding hydrogens is 1680 g/mol. The topological polar surface area (TPSA) is 463 Å². The van der Waals surface area contributed by atoms with Gasteiger partial charge < -0.3 is 83.5 Å². The second-order valence-corrected chi connectivity index (χ2v) is 36.0. The van der Waals surface area contributed by atoms with Crippen molar-refractivity contribution in [2.75, 3.05) is 70.6 Å². The maximum atomic E-state index is 13.2. The number of hydrogen-bond acceptors (Lipinski definition) is 30. The summed E-state index contributed by atoms with van der Waals surface area (Å²) in [6, 6.07) is 30.0. The molecular formula is C84H96Cl2N12O21S3. The minimum atomic E-state index is -4.12. The molecule has 38 heteroatoms. The standard InChI is InChI=1S/C26H28O11.C23H21N5O5S.C18H25N3O2.C17H21ClN4O3S2.ClH/c1-13-9-17(28)21(16(27)5-3-14-4-6-18-15(11-14)7-8-34-18)19(10-13)36-25-24(31)23(30)22(29)20(37-25)12-35-26(32)33-2;1-15-8-9-19(25-14-15)34(29,30)28-22-20(33-18-7-5-4-6-17(18)31-2)23(32-3)27-21(26-22)16-10-12-24-13-11-16;19-8-13-2-12-3-14(12)21(13)16(22)15(20)17-4-10-1-11(5-17)7-18(23,6-10)9-17;1-12-14(18)4-3-5-15(12)27(24,25)20-17-19-13(11-26-17)10-16(23)22-8-6-21(2)7-9-22;/h4,6-11,20,22-25,28-31H,3,5,12H2,1-2H3;4-14H,1-3H3,(H,26,27,28);10-15,23H,1-7,9,20H2;3-5,11H,6-10H2,1-2H3,(H,19,20);1H/t20-,22-,23+,24-,25-;;10-,11+,12-,13+,14+,15-,17?,18?;;/m1.1../s1. The Kier molecular flexibility index (Phi) is 28.7. The van der Waals surface area contributed by atoms with Gasteiger partial charge in [-0.25, -0.2) is 28.2 Å². The summed E-state index contributed by atoms with van der Waals surface area (Å²) >= 11 is 7.17. The molecule has 122 heavy (non-hydrogen) atoms. The highest BCUT2D eigenvalue weighted by atomic mass is 35.5. The lowest BCUT2D eigenvalue weighted by Gasteiger charge is -2.61. The number of thiazole rings is 1. The van der Waals surface area contributed by atoms with E-state index in [1.165, 1.54) is 51.1 Å². The van der Waals surface area contributed by atoms with Gasteiger partial charge in [-0.1, -0.05) is 41.9 Å². The summed E-state index contributed by atoms with van der Waals surface area (Å²) in [6.45, 7) is 7.75. The minimum Gasteiger partial charge on any atom is -0.507 e. The fourth-order valence-electron chi connectivity index (χ4n) is 16.9. The number of ketones is 1. The first-order valence-electron chi connectivity index (χ1n) is 39.2. The van der Waals surface area contributed by atoms with Crippen LogP contribution in [0.3, 0.4) is 0 Å². The van der Waals surface area contributed by atoms with Crippen molar-refractivity contribution in [3.63, 3.8) is 0 Å². The second-order valence-electron chi connectivity index (χ2n) is 31.5. The highest BCUT2D eigenvalue weighted by molar-refractivity contribution is 7.93. The van der Waals surface area contributed by atoms with Crippen LogP contribution in [-0.4, -0.2) is 221 Å². The molecule has 650 valence electrons. The number of carbonyl (C=O) groups excluding carboxylic acids is 4. The average Bonchev–Trinajstić information content (AvgIpc) is 1.30. The van der Waals surface area contributed by atoms with Gasteiger partial charge in [-0.3, -0.25) is 28.8 Å². The molecule has 9 aromatic rings. The van der Waals surface area contributed by atoms with Crippen LogP contribution in [0.25, 0.3) is 22.4 Å². The number of phenolic OH excluding ortho intramolecular Hbond substituents is 1. The second kappa shape index (κ2) is 38.6. The van der Waals surface area contributed by atoms with E-state index in [-0.39, 0.29) is 110 Å². The Balaban J connectivity index is 0.000000150. The van der Waals surface area contributed by atoms with Crippen LogP contribution in [0.2, 0.25) is 5.02 Å². The maximum Gasteiger partial charge on any atom is 0.508 e. The number of aliphatic hydroxyl groups is 4. The molecule has 5 aromatic heterocycles. The molecule has 3 saturated heterocycles. The van der Waals surface area contributed by atoms with Gasteiger partial charge in [0.1, 0.15) is 59.7 Å². The molecule has 17 rings (SSSR count). The SMILES string of the molecule is COC(=O)OC[C@H]1O[C@@H](Oc2cc(C)cc(O)c2C(=O)CCc2ccc3occc3c2)[C@H](O)[C@@H](O)[C@@H]1O.COc1ccccc1Oc1c(NS(=O)(=O)c2ccc(C)cn2)nc(-c2ccncc2)nc1OC.Cc1c(Cl)cccc1S(=O)(=O)Nc1nc(CC(=O)N2CCN(C)CC2)cs1.Cl.N#C[C@@H]1C[C@@H]2C[C@@H]2N1C(=O)[C@@H](N)C12C[C@@H]3C[C@@H](CC(O)(C3)C1)C2. The normalized spacial score (nSPS) is 23.8. The summed E-state index contributed by atoms with van der Waals surface area (Å²) in [5.41, 5.74) is 10.3. The number of hydrogen-bond donors (Lipinski definition) is 8. The highest BCUT2D eigenvalue weighted by Gasteiger charge is 2.63. The number of methoxy groups -OCH3 is 3. The number of likely N-dealkylation sites (tertiary alicyclic amines) is 1. The zero-order chi connectivity index (χ0) is 86.4. The lowest BCUT2D eigenvalue weighted by Crippen LogP contribution is -2.64. The number of phenols is 1. The van der Waals surface area contributed by atoms with Gasteiger partial charge in [0.2, 0.25) is 23.9 Å². The van der Waals surface area contributed by atoms with E-state index in [1.807, 2.05) is 43.1 Å². The molecule has 5 aliphatic carbocycles. The number of benzene rings is 4. The molecule has 13 atom stereocenters. The van der Waals surface area contributed by atoms with Crippen molar-refractivity contribution in [3.05, 3.63) is 172 Å². The summed E-state index contributed by atoms with van der Waals surface area (Å²) in [6.07, 6.45) is 5.40. The zero-order valence-corrected chi connectivity index (χ0v) is 71.8. The Hall–Kier alpha value is -10.4. The largest absolute Gasteiger partial charge is 0.508 e. The van der Waals surface area contributed by atoms with E-state index in [0.717, 1.165) is 92.2 Å². The fourth-order valence-corrected chi connectivity index (χ4v) is 20.3. The molecule has 4 aromatic carbocycles. The number of aromatic hydroxyl groups is 1. The first kappa shape index (κ1) is 90.8. The lowest BCUT2D eigenvalue weighted by molar-refractivity contribution is -0.277. The van der Waals surface area contributed by atoms with Gasteiger partial charge in [0.15, 0.2) is 39.1 Å². The number of amides is 2. The van der Waals surface area contributed by atoms with E-state index in [1.54, 1.807) is 97.4 Å². The van der Waals surface area contributed by atoms with Gasteiger partial charge >= 0.3 is 6.16 Å². The number of furan rings is 1. The number of aliphatic hydroxyl groups excluding tert-OH is 3. The van der Waals surface area contributed by atoms with Crippen molar-refractivity contribution in [3.8, 4) is 52.1 Å². The number of halogens is 2. The summed E-state index contributed by atoms with van der Waals surface area (Å²) < 4.78 is 99.0. The minimum absolute atomic E-state index is 0. The summed E-state index contributed by atoms with van der Waals surface area (Å²) in [4.78, 5) is 77.0. The maximum absolute atomic E-state index is 13.2. The molecule has 8 fully saturated rings. The number of aryl methyl sites for hydroxylation is 3. The molecule has 5 saturated carbocycles. The Labute approximate surface area is 719 Å². The Bertz CT molecular complexity index is 5540. The van der Waals surface area contributed by atoms with Crippen LogP contribution < -0.4 is 34.1 Å². The summed E-state index contributed by atoms with van der Waals surface area (Å²) in [5, 5.41) is 64.8. The molecule has 9 N–H and O–H groups in total. The van der Waals surface area contributed by atoms with E-state index >= 15 is 0 Å². The summed E-state index contributed by atoms with van der Waals surface area (Å²) in [7, 11) is -1.89. The lowest BCUT2D eigenvalue weighted by atomic mass is 9.46. The molecule has 2 amide bonds. The van der Waals surface area contributed by atoms with E-state index in [0.29, 0.717) is 82.6 Å². The van der Waals surface area contributed by atoms with E-state index in [9.17, 15) is 66.8 Å². The van der Waals surface area contributed by atoms with Crippen LogP contribution in [0.5, 0.6) is 34.6 Å². The molecule has 2 unspecified atom stereocenters. The third kappa shape index (κ3) is 20.9. The van der Waals surface area contributed by atoms with Gasteiger partial charge in [-0.2, -0.15) is 18.7 Å². The quantitative estimate of drug-likeness (QED) is 0.0218. The third-order valence-corrected chi connectivity index (χ3v) is 26.8. The highest BCUT2D eigenvalue weighted by Crippen LogP contribution is 2.63. The molecule has 0 radical (unpaired) electrons. The van der Waals surface area contributed by atoms with Crippen LogP contribution in [0.15, 0.2) is 148 Å². The number of fused-ring (bicyclic) bond motifs is 2. The van der Waals surface area contributed by atoms with Crippen LogP contribution >= 0.6 is 35.3 Å². The Morgan fingerprint density at radius 1 is 0.803 bits per heavy atom. The Morgan fingerprint density at radius 2 is 1.53 bits per heavy atom. The van der Waals surface area contributed by atoms with Crippen LogP contribution in [0, 0.1) is 55.3 Å². The number of nitrogens with one attached hydrogen (secondary N) is 2. The molecule has 4 bridgehead atoms. The number of anilines is 2. The van der Waals surface area contributed by atoms with Crippen molar-refractivity contribution < 1.29 is 99.1 Å². The van der Waals surface area contributed by atoms with E-state index in [4.69, 9.17) is 50.2 Å². The third-order valence-electron chi connectivity index (χ3n) is 22.7. The fraction of sp³-hybridized carbons (Fsp3) is 0.429. The number of carbonyl (C=O) groups is 4. The van der Waals surface area contributed by atoms with Crippen molar-refractivity contribution in [2.45, 2.75) is 156 Å². The number of rotatable bonds is 23. The summed E-state index contributed by atoms with van der Waals surface area (Å²) in [5.74, 6) is 1.55. The Morgan fingerprint density at radius 3 is 2.21 bits per heavy atom. The number of aromatic nitrogens is 5. The number of nitrogens with two attached hydrogens (primary N) is 1. The molecule has 8 heterocycles. The predicted octanol–water partition coefficient (Wildman–Crippen LogP) is 9.89. The van der Waals surface area contributed by atoms with Gasteiger partial charge in [-0.15, -0.1) is 23.7 Å². The molecule has 3 aliphatic heterocycles. The van der Waals surface area contributed by atoms with Crippen molar-refractivity contribution in [1.29, 1.82) is 5.26 Å². The number of para-hydroxylation sites is 2. The van der Waals surface area contributed by atoms with Crippen molar-refractivity contribution >= 4 is 101 Å². The predicted molar refractivity (Wildman–Crippen MR) is 449 cm³/mol.